The molecule has 0 radical (unpaired) electrons. The van der Waals surface area contributed by atoms with Crippen molar-refractivity contribution in [3.8, 4) is 0 Å². The first-order chi connectivity index (χ1) is 7.51. The summed E-state index contributed by atoms with van der Waals surface area (Å²) in [5.74, 6) is 1.17. The zero-order valence-electron chi connectivity index (χ0n) is 11.3. The molecule has 16 heavy (non-hydrogen) atoms. The molecule has 1 aliphatic carbocycles. The first-order valence-electron chi connectivity index (χ1n) is 6.79. The number of carbonyl (C=O) groups is 1. The summed E-state index contributed by atoms with van der Waals surface area (Å²) in [5.41, 5.74) is 0.206. The van der Waals surface area contributed by atoms with Crippen LogP contribution >= 0.6 is 0 Å². The van der Waals surface area contributed by atoms with Crippen LogP contribution in [-0.2, 0) is 4.79 Å². The van der Waals surface area contributed by atoms with E-state index in [2.05, 4.69) is 33.0 Å². The standard InChI is InChI=1S/C14H27NO/c1-5-11(6-2)10-15-13(16)12-8-7-9-14(12,3)4/h11-12H,5-10H2,1-4H3,(H,15,16). The van der Waals surface area contributed by atoms with Gasteiger partial charge in [-0.15, -0.1) is 0 Å². The first-order valence-corrected chi connectivity index (χ1v) is 6.79. The maximum absolute atomic E-state index is 12.1. The minimum atomic E-state index is 0.206. The third-order valence-electron chi connectivity index (χ3n) is 4.29. The molecule has 2 heteroatoms. The Balaban J connectivity index is 2.40. The minimum absolute atomic E-state index is 0.206. The summed E-state index contributed by atoms with van der Waals surface area (Å²) in [7, 11) is 0. The molecule has 1 fully saturated rings. The lowest BCUT2D eigenvalue weighted by molar-refractivity contribution is -0.127. The Hall–Kier alpha value is -0.530. The second-order valence-corrected chi connectivity index (χ2v) is 5.86. The second-order valence-electron chi connectivity index (χ2n) is 5.86. The van der Waals surface area contributed by atoms with Gasteiger partial charge in [0.25, 0.3) is 0 Å². The van der Waals surface area contributed by atoms with Crippen LogP contribution in [0.2, 0.25) is 0 Å². The van der Waals surface area contributed by atoms with Gasteiger partial charge in [0.05, 0.1) is 0 Å². The fourth-order valence-corrected chi connectivity index (χ4v) is 2.76. The van der Waals surface area contributed by atoms with E-state index in [0.29, 0.717) is 5.92 Å². The van der Waals surface area contributed by atoms with Crippen molar-refractivity contribution in [2.24, 2.45) is 17.3 Å². The van der Waals surface area contributed by atoms with Gasteiger partial charge in [0.2, 0.25) is 5.91 Å². The first kappa shape index (κ1) is 13.5. The van der Waals surface area contributed by atoms with Crippen molar-refractivity contribution in [2.45, 2.75) is 59.8 Å². The predicted octanol–water partition coefficient (Wildman–Crippen LogP) is 3.37. The van der Waals surface area contributed by atoms with E-state index in [0.717, 1.165) is 25.8 Å². The maximum Gasteiger partial charge on any atom is 0.223 e. The largest absolute Gasteiger partial charge is 0.356 e. The summed E-state index contributed by atoms with van der Waals surface area (Å²) in [6, 6.07) is 0. The molecule has 1 amide bonds. The van der Waals surface area contributed by atoms with Gasteiger partial charge in [0, 0.05) is 12.5 Å². The zero-order chi connectivity index (χ0) is 12.2. The third-order valence-corrected chi connectivity index (χ3v) is 4.29. The van der Waals surface area contributed by atoms with Gasteiger partial charge in [-0.05, 0) is 24.2 Å². The highest BCUT2D eigenvalue weighted by Gasteiger charge is 2.39. The predicted molar refractivity (Wildman–Crippen MR) is 68.2 cm³/mol. The van der Waals surface area contributed by atoms with Crippen LogP contribution in [0.15, 0.2) is 0 Å². The van der Waals surface area contributed by atoms with E-state index in [-0.39, 0.29) is 17.2 Å². The number of rotatable bonds is 5. The van der Waals surface area contributed by atoms with E-state index in [1.807, 2.05) is 0 Å². The molecule has 0 spiro atoms. The van der Waals surface area contributed by atoms with Crippen molar-refractivity contribution in [3.05, 3.63) is 0 Å². The number of carbonyl (C=O) groups excluding carboxylic acids is 1. The Kier molecular flexibility index (Phi) is 4.82. The molecule has 0 saturated heterocycles. The van der Waals surface area contributed by atoms with Crippen molar-refractivity contribution in [1.82, 2.24) is 5.32 Å². The second kappa shape index (κ2) is 5.70. The average molecular weight is 225 g/mol. The van der Waals surface area contributed by atoms with E-state index in [9.17, 15) is 4.79 Å². The number of hydrogen-bond donors (Lipinski definition) is 1. The summed E-state index contributed by atoms with van der Waals surface area (Å²) in [5, 5.41) is 3.14. The van der Waals surface area contributed by atoms with Crippen LogP contribution < -0.4 is 5.32 Å². The monoisotopic (exact) mass is 225 g/mol. The minimum Gasteiger partial charge on any atom is -0.356 e. The summed E-state index contributed by atoms with van der Waals surface area (Å²) in [6.45, 7) is 9.70. The normalized spacial score (nSPS) is 23.7. The van der Waals surface area contributed by atoms with Crippen LogP contribution in [0.25, 0.3) is 0 Å². The van der Waals surface area contributed by atoms with Gasteiger partial charge in [-0.1, -0.05) is 47.0 Å². The summed E-state index contributed by atoms with van der Waals surface area (Å²) < 4.78 is 0. The fourth-order valence-electron chi connectivity index (χ4n) is 2.76. The summed E-state index contributed by atoms with van der Waals surface area (Å²) in [4.78, 5) is 12.1. The van der Waals surface area contributed by atoms with Crippen molar-refractivity contribution >= 4 is 5.91 Å². The fraction of sp³-hybridized carbons (Fsp3) is 0.929. The molecule has 0 aliphatic heterocycles. The van der Waals surface area contributed by atoms with Gasteiger partial charge in [0.1, 0.15) is 0 Å². The summed E-state index contributed by atoms with van der Waals surface area (Å²) in [6.07, 6.45) is 5.78. The van der Waals surface area contributed by atoms with Gasteiger partial charge in [-0.3, -0.25) is 4.79 Å². The van der Waals surface area contributed by atoms with Crippen LogP contribution in [0.5, 0.6) is 0 Å². The van der Waals surface area contributed by atoms with Crippen LogP contribution in [0.1, 0.15) is 59.8 Å². The molecule has 1 rings (SSSR count). The third kappa shape index (κ3) is 3.23. The van der Waals surface area contributed by atoms with Crippen LogP contribution in [-0.4, -0.2) is 12.5 Å². The van der Waals surface area contributed by atoms with Crippen molar-refractivity contribution < 1.29 is 4.79 Å². The number of hydrogen-bond acceptors (Lipinski definition) is 1. The average Bonchev–Trinajstić information content (AvgIpc) is 2.59. The highest BCUT2D eigenvalue weighted by atomic mass is 16.1. The van der Waals surface area contributed by atoms with Crippen LogP contribution in [0.4, 0.5) is 0 Å². The van der Waals surface area contributed by atoms with E-state index in [1.54, 1.807) is 0 Å². The van der Waals surface area contributed by atoms with E-state index < -0.39 is 0 Å². The Morgan fingerprint density at radius 1 is 1.38 bits per heavy atom. The molecule has 1 unspecified atom stereocenters. The Morgan fingerprint density at radius 3 is 2.44 bits per heavy atom. The quantitative estimate of drug-likeness (QED) is 0.763. The Morgan fingerprint density at radius 2 is 2.00 bits per heavy atom. The lowest BCUT2D eigenvalue weighted by atomic mass is 9.81. The molecule has 1 N–H and O–H groups in total. The van der Waals surface area contributed by atoms with Gasteiger partial charge in [-0.2, -0.15) is 0 Å². The molecule has 1 atom stereocenters. The molecule has 94 valence electrons. The van der Waals surface area contributed by atoms with Crippen molar-refractivity contribution in [1.29, 1.82) is 0 Å². The molecule has 0 aromatic carbocycles. The highest BCUT2D eigenvalue weighted by Crippen LogP contribution is 2.42. The smallest absolute Gasteiger partial charge is 0.223 e. The Labute approximate surface area is 100 Å². The van der Waals surface area contributed by atoms with E-state index in [1.165, 1.54) is 12.8 Å². The van der Waals surface area contributed by atoms with Gasteiger partial charge < -0.3 is 5.32 Å². The lowest BCUT2D eigenvalue weighted by Gasteiger charge is -2.26. The van der Waals surface area contributed by atoms with Crippen molar-refractivity contribution in [2.75, 3.05) is 6.54 Å². The Bertz CT molecular complexity index is 231. The SMILES string of the molecule is CCC(CC)CNC(=O)C1CCCC1(C)C. The highest BCUT2D eigenvalue weighted by molar-refractivity contribution is 5.79. The molecule has 0 heterocycles. The molecule has 0 aromatic heterocycles. The maximum atomic E-state index is 12.1. The van der Waals surface area contributed by atoms with Crippen molar-refractivity contribution in [3.63, 3.8) is 0 Å². The molecular formula is C14H27NO. The molecular weight excluding hydrogens is 198 g/mol. The molecule has 0 aromatic rings. The van der Waals surface area contributed by atoms with Crippen LogP contribution in [0, 0.1) is 17.3 Å². The van der Waals surface area contributed by atoms with E-state index in [4.69, 9.17) is 0 Å². The lowest BCUT2D eigenvalue weighted by Crippen LogP contribution is -2.38. The number of nitrogens with one attached hydrogen (secondary N) is 1. The van der Waals surface area contributed by atoms with Gasteiger partial charge in [-0.25, -0.2) is 0 Å². The molecule has 2 nitrogen and oxygen atoms in total. The van der Waals surface area contributed by atoms with Gasteiger partial charge >= 0.3 is 0 Å². The molecule has 1 saturated carbocycles. The van der Waals surface area contributed by atoms with Crippen LogP contribution in [0.3, 0.4) is 0 Å². The molecule has 0 bridgehead atoms. The van der Waals surface area contributed by atoms with E-state index >= 15 is 0 Å². The number of amides is 1. The summed E-state index contributed by atoms with van der Waals surface area (Å²) >= 11 is 0. The molecule has 1 aliphatic rings. The van der Waals surface area contributed by atoms with Gasteiger partial charge in [0.15, 0.2) is 0 Å². The zero-order valence-corrected chi connectivity index (χ0v) is 11.3. The topological polar surface area (TPSA) is 29.1 Å².